The zero-order chi connectivity index (χ0) is 98.3. The van der Waals surface area contributed by atoms with E-state index in [1.807, 2.05) is 229 Å². The van der Waals surface area contributed by atoms with Gasteiger partial charge in [-0.1, -0.05) is 238 Å². The number of halogens is 1. The molecule has 2 fully saturated rings. The number of carbonyl (C=O) groups excluding carboxylic acids is 5. The number of phenolic OH excluding ortho intramolecular Hbond substituents is 2. The molecule has 2 aliphatic carbocycles. The van der Waals surface area contributed by atoms with Gasteiger partial charge in [-0.3, -0.25) is 28.8 Å². The average molecular weight is 1900 g/mol. The van der Waals surface area contributed by atoms with Crippen molar-refractivity contribution in [1.29, 1.82) is 0 Å². The van der Waals surface area contributed by atoms with Crippen molar-refractivity contribution in [3.05, 3.63) is 343 Å². The maximum atomic E-state index is 13.5. The van der Waals surface area contributed by atoms with Gasteiger partial charge in [0.2, 0.25) is 0 Å². The van der Waals surface area contributed by atoms with Crippen molar-refractivity contribution in [3.63, 3.8) is 0 Å². The molecule has 2 saturated carbocycles. The first-order valence-corrected chi connectivity index (χ1v) is 48.7. The van der Waals surface area contributed by atoms with Gasteiger partial charge in [-0.05, 0) is 295 Å². The van der Waals surface area contributed by atoms with Crippen LogP contribution in [0.1, 0.15) is 277 Å². The van der Waals surface area contributed by atoms with Crippen LogP contribution in [0.2, 0.25) is 0 Å². The van der Waals surface area contributed by atoms with Crippen LogP contribution in [0.15, 0.2) is 232 Å². The van der Waals surface area contributed by atoms with E-state index < -0.39 is 16.8 Å². The summed E-state index contributed by atoms with van der Waals surface area (Å²) >= 11 is 3.31. The highest BCUT2D eigenvalue weighted by atomic mass is 79.9. The van der Waals surface area contributed by atoms with Gasteiger partial charge in [0.1, 0.15) is 48.4 Å². The van der Waals surface area contributed by atoms with Crippen molar-refractivity contribution in [2.75, 3.05) is 34.4 Å². The van der Waals surface area contributed by atoms with Gasteiger partial charge >= 0.3 is 17.9 Å². The zero-order valence-corrected chi connectivity index (χ0v) is 83.6. The van der Waals surface area contributed by atoms with Crippen molar-refractivity contribution < 1.29 is 73.2 Å². The molecule has 5 N–H and O–H groups in total. The van der Waals surface area contributed by atoms with E-state index in [-0.39, 0.29) is 84.5 Å². The standard InChI is InChI=1S/C38H47NO4.C30H41NO5.C28H31NO3.C11H16O.C9H9BrO2/c1-27(2)33-24-34(28(3)23-35(33)42-26-31-13-8-7-9-14-31)36(40)39(6)25-30-20-18-29(19-21-30)15-12-22-38(4,5)37(41)43-32-16-10-11-17-32;1-20(2)24-17-25(27(33)18-26(24)32)28(34)31(5)19-22-14-12-21(13-15-22)9-8-16-30(3,4)29(35)36-23-10-6-7-11-23;1-20(2)25-17-26(21(3)16-27(25)32-19-24-8-6-5-7-9-24)28(31)29(4)18-23-12-10-22(11-13-23)14-15-30;1-2-3-10-4-6-11(7-5-10)8-9-12;10-6-8-3-1-2-7(4-8)5-9(11)12/h7-9,13-14,18-21,23-24,32H,1,10-12,15-17,22,25-26H2,2-6H3;12-15,17-18,20,23,32-33H,6-11,16,19H2,1-5H3;5-13,16-17,30H,1,14-15,18-19H2,2-4H3;4-7,12H,2-3,8-9H2,1H3;1-4H,5-6H2,(H,11,12). The van der Waals surface area contributed by atoms with Gasteiger partial charge in [0, 0.05) is 87.6 Å². The van der Waals surface area contributed by atoms with Crippen LogP contribution in [0.25, 0.3) is 11.1 Å². The van der Waals surface area contributed by atoms with E-state index in [0.29, 0.717) is 56.0 Å². The van der Waals surface area contributed by atoms with Gasteiger partial charge in [-0.15, -0.1) is 0 Å². The highest BCUT2D eigenvalue weighted by molar-refractivity contribution is 9.08. The molecule has 0 aliphatic heterocycles. The molecule has 0 bridgehead atoms. The van der Waals surface area contributed by atoms with Crippen molar-refractivity contribution >= 4 is 62.7 Å². The van der Waals surface area contributed by atoms with Crippen LogP contribution < -0.4 is 9.47 Å². The second kappa shape index (κ2) is 54.6. The Balaban J connectivity index is 0.000000222. The second-order valence-electron chi connectivity index (χ2n) is 37.6. The average Bonchev–Trinajstić information content (AvgIpc) is 1.11. The number of allylic oxidation sites excluding steroid dienone is 2. The summed E-state index contributed by atoms with van der Waals surface area (Å²) in [6.07, 6.45) is 17.8. The van der Waals surface area contributed by atoms with Crippen LogP contribution in [0.4, 0.5) is 0 Å². The minimum atomic E-state index is -0.790. The van der Waals surface area contributed by atoms with Gasteiger partial charge in [-0.25, -0.2) is 0 Å². The number of ether oxygens (including phenoxy) is 4. The minimum Gasteiger partial charge on any atom is -0.508 e. The van der Waals surface area contributed by atoms with E-state index in [1.165, 1.54) is 34.7 Å². The van der Waals surface area contributed by atoms with E-state index in [4.69, 9.17) is 34.3 Å². The molecule has 0 atom stereocenters. The number of hydrogen-bond acceptors (Lipinski definition) is 14. The first kappa shape index (κ1) is 108. The lowest BCUT2D eigenvalue weighted by atomic mass is 9.86. The van der Waals surface area contributed by atoms with Crippen molar-refractivity contribution in [2.45, 2.75) is 254 Å². The Kier molecular flexibility index (Phi) is 43.8. The molecular weight excluding hydrogens is 1760 g/mol. The Labute approximate surface area is 811 Å². The SMILES string of the molecule is C=C(C)c1cc(C(=O)N(C)Cc2ccc(CCCC(C)(C)C(=O)OC3CCCC3)cc2)c(C)cc1OCc1ccccc1.C=C(C)c1cc(C(=O)N(C)Cc2ccc(CCO)cc2)c(C)cc1OCc1ccccc1.CC(C)c1cc(C(=O)N(C)Cc2ccc(CCCC(C)(C)C(=O)OC3CCCC3)cc2)c(O)cc1O.CCCc1ccc(CCO)cc1.O=C(O)Cc1cccc(CBr)c1. The van der Waals surface area contributed by atoms with Gasteiger partial charge in [0.05, 0.1) is 22.8 Å². The van der Waals surface area contributed by atoms with Gasteiger partial charge in [0.25, 0.3) is 17.7 Å². The monoisotopic (exact) mass is 1900 g/mol. The second-order valence-corrected chi connectivity index (χ2v) is 38.1. The molecule has 12 rings (SSSR count). The summed E-state index contributed by atoms with van der Waals surface area (Å²) in [6, 6.07) is 71.1. The Morgan fingerprint density at radius 1 is 0.422 bits per heavy atom. The van der Waals surface area contributed by atoms with Crippen LogP contribution in [-0.2, 0) is 101 Å². The maximum absolute atomic E-state index is 13.5. The molecular formula is C116H144BrN3O15. The van der Waals surface area contributed by atoms with Crippen molar-refractivity contribution in [2.24, 2.45) is 10.8 Å². The molecule has 3 amide bonds. The van der Waals surface area contributed by atoms with Crippen molar-refractivity contribution in [3.8, 4) is 23.0 Å². The molecule has 135 heavy (non-hydrogen) atoms. The first-order valence-electron chi connectivity index (χ1n) is 47.6. The molecule has 19 heteroatoms. The molecule has 720 valence electrons. The summed E-state index contributed by atoms with van der Waals surface area (Å²) in [7, 11) is 5.34. The number of aromatic hydroxyl groups is 2. The third-order valence-corrected chi connectivity index (χ3v) is 25.2. The number of benzene rings is 10. The zero-order valence-electron chi connectivity index (χ0n) is 82.1. The van der Waals surface area contributed by atoms with Crippen molar-refractivity contribution in [1.82, 2.24) is 14.7 Å². The lowest BCUT2D eigenvalue weighted by Gasteiger charge is -2.25. The van der Waals surface area contributed by atoms with E-state index in [9.17, 15) is 39.0 Å². The van der Waals surface area contributed by atoms with Crippen LogP contribution in [0.5, 0.6) is 23.0 Å². The Bertz CT molecular complexity index is 5440. The largest absolute Gasteiger partial charge is 0.508 e. The number of aliphatic carboxylic acids is 1. The highest BCUT2D eigenvalue weighted by Crippen LogP contribution is 2.37. The molecule has 0 saturated heterocycles. The smallest absolute Gasteiger partial charge is 0.311 e. The maximum Gasteiger partial charge on any atom is 0.311 e. The number of aliphatic hydroxyl groups excluding tert-OH is 2. The lowest BCUT2D eigenvalue weighted by molar-refractivity contribution is -0.160. The first-order chi connectivity index (χ1) is 64.5. The number of aliphatic hydroxyl groups is 2. The molecule has 18 nitrogen and oxygen atoms in total. The number of nitrogens with zero attached hydrogens (tertiary/aromatic N) is 3. The van der Waals surface area contributed by atoms with E-state index >= 15 is 0 Å². The third kappa shape index (κ3) is 35.4. The molecule has 0 aromatic heterocycles. The number of carbonyl (C=O) groups is 6. The Hall–Kier alpha value is -11.9. The van der Waals surface area contributed by atoms with Gasteiger partial charge < -0.3 is 59.2 Å². The molecule has 2 aliphatic rings. The van der Waals surface area contributed by atoms with E-state index in [2.05, 4.69) is 96.7 Å². The third-order valence-electron chi connectivity index (χ3n) is 24.5. The summed E-state index contributed by atoms with van der Waals surface area (Å²) in [4.78, 5) is 80.4. The Morgan fingerprint density at radius 2 is 0.763 bits per heavy atom. The van der Waals surface area contributed by atoms with E-state index in [0.717, 1.165) is 197 Å². The predicted octanol–water partition coefficient (Wildman–Crippen LogP) is 24.8. The fourth-order valence-corrected chi connectivity index (χ4v) is 16.6. The number of alkyl halides is 1. The lowest BCUT2D eigenvalue weighted by Crippen LogP contribution is -2.30. The summed E-state index contributed by atoms with van der Waals surface area (Å²) in [5.41, 5.74) is 19.6. The summed E-state index contributed by atoms with van der Waals surface area (Å²) < 4.78 is 23.7. The number of hydrogen-bond donors (Lipinski definition) is 5. The molecule has 0 heterocycles. The fourth-order valence-electron chi connectivity index (χ4n) is 16.2. The number of esters is 2. The highest BCUT2D eigenvalue weighted by Gasteiger charge is 2.34. The van der Waals surface area contributed by atoms with Crippen LogP contribution in [-0.4, -0.2) is 122 Å². The van der Waals surface area contributed by atoms with E-state index in [1.54, 1.807) is 27.8 Å². The molecule has 0 unspecified atom stereocenters. The normalized spacial score (nSPS) is 12.4. The van der Waals surface area contributed by atoms with Crippen LogP contribution >= 0.6 is 15.9 Å². The number of carboxylic acids is 1. The Morgan fingerprint density at radius 3 is 1.10 bits per heavy atom. The number of rotatable bonds is 39. The minimum absolute atomic E-state index is 0.00798. The summed E-state index contributed by atoms with van der Waals surface area (Å²) in [5.74, 6) is -0.0595. The molecule has 0 spiro atoms. The number of amides is 3. The fraction of sp³-hybridized carbons (Fsp3) is 0.397. The topological polar surface area (TPSA) is 250 Å². The van der Waals surface area contributed by atoms with Gasteiger partial charge in [0.15, 0.2) is 0 Å². The summed E-state index contributed by atoms with van der Waals surface area (Å²) in [5, 5.41) is 47.3. The summed E-state index contributed by atoms with van der Waals surface area (Å²) in [6.45, 7) is 32.6. The molecule has 10 aromatic rings. The van der Waals surface area contributed by atoms with Crippen LogP contribution in [0, 0.1) is 24.7 Å². The van der Waals surface area contributed by atoms with Crippen LogP contribution in [0.3, 0.4) is 0 Å². The molecule has 10 aromatic carbocycles. The number of carboxylic acid groups (broad SMARTS) is 1. The quantitative estimate of drug-likeness (QED) is 0.0177. The predicted molar refractivity (Wildman–Crippen MR) is 546 cm³/mol. The number of aryl methyl sites for hydroxylation is 5. The molecule has 0 radical (unpaired) electrons. The van der Waals surface area contributed by atoms with Gasteiger partial charge in [-0.2, -0.15) is 0 Å². The number of phenols is 2.